The van der Waals surface area contributed by atoms with E-state index in [9.17, 15) is 0 Å². The summed E-state index contributed by atoms with van der Waals surface area (Å²) in [4.78, 5) is 9.84. The number of benzene rings is 7. The summed E-state index contributed by atoms with van der Waals surface area (Å²) < 4.78 is 45.4. The van der Waals surface area contributed by atoms with Crippen molar-refractivity contribution in [3.8, 4) is 50.6 Å². The van der Waals surface area contributed by atoms with Crippen molar-refractivity contribution in [2.75, 3.05) is 0 Å². The van der Waals surface area contributed by atoms with Crippen LogP contribution in [0.5, 0.6) is 0 Å². The second kappa shape index (κ2) is 19.4. The summed E-state index contributed by atoms with van der Waals surface area (Å²) in [5.74, 6) is 0.938. The molecule has 6 heteroatoms. The van der Waals surface area contributed by atoms with Crippen molar-refractivity contribution in [2.45, 2.75) is 65.0 Å². The van der Waals surface area contributed by atoms with Gasteiger partial charge in [0.25, 0.3) is 0 Å². The van der Waals surface area contributed by atoms with Crippen LogP contribution in [-0.4, -0.2) is 22.6 Å². The number of imidazole rings is 1. The maximum Gasteiger partial charge on any atom is 0.0798 e. The fraction of sp³-hybridized carbons (Fsp3) is 0.186. The van der Waals surface area contributed by atoms with Gasteiger partial charge in [0.15, 0.2) is 0 Å². The molecule has 0 saturated heterocycles. The predicted molar refractivity (Wildman–Crippen MR) is 276 cm³/mol. The van der Waals surface area contributed by atoms with Gasteiger partial charge in [-0.1, -0.05) is 184 Å². The van der Waals surface area contributed by atoms with E-state index in [4.69, 9.17) is 11.8 Å². The molecule has 1 aliphatic carbocycles. The molecule has 1 fully saturated rings. The molecule has 1 saturated carbocycles. The Kier molecular flexibility index (Phi) is 11.5. The first kappa shape index (κ1) is 38.5. The molecule has 10 aromatic rings. The topological polar surface area (TPSA) is 30.7 Å². The molecule has 65 heavy (non-hydrogen) atoms. The van der Waals surface area contributed by atoms with Gasteiger partial charge in [0.1, 0.15) is 0 Å². The van der Waals surface area contributed by atoms with Crippen LogP contribution in [-0.2, 0) is 26.5 Å². The van der Waals surface area contributed by atoms with E-state index in [1.807, 2.05) is 29.7 Å². The molecule has 3 nitrogen and oxygen atoms in total. The summed E-state index contributed by atoms with van der Waals surface area (Å²) in [6, 6.07) is 62.5. The van der Waals surface area contributed by atoms with E-state index in [1.54, 1.807) is 12.1 Å². The van der Waals surface area contributed by atoms with Gasteiger partial charge in [0.2, 0.25) is 0 Å². The Morgan fingerprint density at radius 2 is 1.48 bits per heavy atom. The van der Waals surface area contributed by atoms with E-state index >= 15 is 0 Å². The van der Waals surface area contributed by atoms with Crippen LogP contribution in [0.25, 0.3) is 81.8 Å². The Morgan fingerprint density at radius 1 is 0.738 bits per heavy atom. The fourth-order valence-electron chi connectivity index (χ4n) is 9.06. The number of pyridine rings is 1. The maximum absolute atomic E-state index is 9.03. The van der Waals surface area contributed by atoms with E-state index < -0.39 is 21.3 Å². The van der Waals surface area contributed by atoms with Crippen LogP contribution in [0, 0.1) is 24.9 Å². The molecule has 3 heterocycles. The summed E-state index contributed by atoms with van der Waals surface area (Å²) in [6.45, 7) is 4.51. The zero-order valence-corrected chi connectivity index (χ0v) is 41.1. The van der Waals surface area contributed by atoms with Gasteiger partial charge in [-0.3, -0.25) is 4.98 Å². The summed E-state index contributed by atoms with van der Waals surface area (Å²) in [6.07, 6.45) is 5.68. The van der Waals surface area contributed by atoms with Crippen LogP contribution in [0.1, 0.15) is 50.1 Å². The minimum atomic E-state index is -2.16. The zero-order valence-electron chi connectivity index (χ0n) is 41.9. The van der Waals surface area contributed by atoms with Crippen LogP contribution < -0.4 is 5.19 Å². The van der Waals surface area contributed by atoms with Gasteiger partial charge in [-0.05, 0) is 74.2 Å². The number of aromatic nitrogens is 3. The number of thiophene rings is 1. The largest absolute Gasteiger partial charge is 0.333 e. The first-order valence-corrected chi connectivity index (χ1v) is 26.7. The number of hydrogen-bond donors (Lipinski definition) is 0. The van der Waals surface area contributed by atoms with Gasteiger partial charge >= 0.3 is 0 Å². The zero-order chi connectivity index (χ0) is 47.9. The van der Waals surface area contributed by atoms with Crippen molar-refractivity contribution in [3.05, 3.63) is 193 Å². The number of fused-ring (bicyclic) bond motifs is 4. The van der Waals surface area contributed by atoms with Crippen LogP contribution >= 0.6 is 11.3 Å². The molecule has 1 aliphatic rings. The van der Waals surface area contributed by atoms with Crippen LogP contribution in [0.4, 0.5) is 0 Å². The smallest absolute Gasteiger partial charge is 0.0798 e. The Bertz CT molecular complexity index is 3430. The number of nitrogens with zero attached hydrogens (tertiary/aromatic N) is 3. The van der Waals surface area contributed by atoms with Crippen molar-refractivity contribution in [3.63, 3.8) is 0 Å². The summed E-state index contributed by atoms with van der Waals surface area (Å²) in [5.41, 5.74) is 11.4. The van der Waals surface area contributed by atoms with Crippen LogP contribution in [0.2, 0.25) is 19.6 Å². The van der Waals surface area contributed by atoms with Crippen molar-refractivity contribution in [1.29, 1.82) is 0 Å². The second-order valence-corrected chi connectivity index (χ2v) is 23.8. The Labute approximate surface area is 409 Å². The Hall–Kier alpha value is -5.75. The molecule has 0 spiro atoms. The molecule has 0 unspecified atom stereocenters. The fourth-order valence-corrected chi connectivity index (χ4v) is 11.7. The molecule has 3 aromatic heterocycles. The first-order chi connectivity index (χ1) is 33.3. The van der Waals surface area contributed by atoms with Gasteiger partial charge in [0, 0.05) is 49.1 Å². The van der Waals surface area contributed by atoms with Crippen LogP contribution in [0.3, 0.4) is 0 Å². The molecule has 0 amide bonds. The molecule has 7 aromatic carbocycles. The third kappa shape index (κ3) is 9.37. The van der Waals surface area contributed by atoms with Crippen molar-refractivity contribution in [1.82, 2.24) is 14.5 Å². The summed E-state index contributed by atoms with van der Waals surface area (Å²) in [5, 5.41) is 3.57. The molecule has 0 N–H and O–H groups in total. The summed E-state index contributed by atoms with van der Waals surface area (Å²) >= 11 is 1.82. The first-order valence-electron chi connectivity index (χ1n) is 24.8. The van der Waals surface area contributed by atoms with Gasteiger partial charge in [-0.2, -0.15) is 11.3 Å². The Morgan fingerprint density at radius 3 is 2.23 bits per heavy atom. The molecule has 325 valence electrons. The monoisotopic (exact) mass is 1060 g/mol. The standard InChI is InChI=1S/C37H23N2S.C22H30NSi.Ir/c1-3-12-25(13-4-1)27-22-23-29-30-17-11-18-31(36(30)40-35(29)24-27)37-38-32-19-8-10-21-34(32)39(37)33-20-9-7-16-28(33)26-14-5-2-6-15-26;1-17-10-12-19(13-11-17)21-15-20(14-18-8-6-5-7-9-18)22(16-23-21)24(2,3)4;/h1-17,19-24H;10-12,15-16,18H,5-9,14H2,1-4H3;/q2*-1;/i;1D3,14D2;. The number of rotatable bonds is 8. The van der Waals surface area contributed by atoms with E-state index in [1.165, 1.54) is 54.9 Å². The molecule has 0 aliphatic heterocycles. The summed E-state index contributed by atoms with van der Waals surface area (Å²) in [7, 11) is -1.80. The van der Waals surface area contributed by atoms with Crippen LogP contribution in [0.15, 0.2) is 170 Å². The van der Waals surface area contributed by atoms with Crippen molar-refractivity contribution >= 4 is 55.8 Å². The minimum Gasteiger partial charge on any atom is -0.333 e. The quantitative estimate of drug-likeness (QED) is 0.112. The third-order valence-corrected chi connectivity index (χ3v) is 15.5. The molecular weight excluding hydrogens is 1000 g/mol. The van der Waals surface area contributed by atoms with Gasteiger partial charge in [-0.25, -0.2) is 0 Å². The SMILES string of the molecule is [2H]C([2H])([2H])c1c[c-]c(-c2cc(C([2H])([2H])C3CCCCC3)c([Si](C)(C)C)cn2)cc1.[Ir].[c-]1ccc2c(sc3cc(-c4ccccc4)ccc32)c1-c1nc2ccccc2n1-c1ccccc1-c1ccccc1. The van der Waals surface area contributed by atoms with Crippen molar-refractivity contribution in [2.24, 2.45) is 5.92 Å². The number of aryl methyl sites for hydroxylation is 1. The van der Waals surface area contributed by atoms with Crippen molar-refractivity contribution < 1.29 is 27.0 Å². The van der Waals surface area contributed by atoms with E-state index in [2.05, 4.69) is 175 Å². The minimum absolute atomic E-state index is 0. The van der Waals surface area contributed by atoms with Gasteiger partial charge < -0.3 is 9.55 Å². The normalized spacial score (nSPS) is 14.7. The Balaban J connectivity index is 0.000000181. The average Bonchev–Trinajstić information content (AvgIpc) is 3.95. The predicted octanol–water partition coefficient (Wildman–Crippen LogP) is 15.7. The maximum atomic E-state index is 9.03. The molecule has 11 rings (SSSR count). The van der Waals surface area contributed by atoms with E-state index in [0.717, 1.165) is 64.5 Å². The number of para-hydroxylation sites is 3. The third-order valence-electron chi connectivity index (χ3n) is 12.3. The van der Waals surface area contributed by atoms with E-state index in [0.29, 0.717) is 11.3 Å². The van der Waals surface area contributed by atoms with Gasteiger partial charge in [-0.15, -0.1) is 53.6 Å². The average molecular weight is 1060 g/mol. The second-order valence-electron chi connectivity index (χ2n) is 17.8. The molecular formula is C59H53IrN3SSi-2. The molecule has 0 bridgehead atoms. The molecule has 1 radical (unpaired) electrons. The number of hydrogen-bond acceptors (Lipinski definition) is 3. The molecule has 0 atom stereocenters. The van der Waals surface area contributed by atoms with E-state index in [-0.39, 0.29) is 31.6 Å². The van der Waals surface area contributed by atoms with Gasteiger partial charge in [0.05, 0.1) is 24.9 Å².